The molecule has 2 aromatic heterocycles. The van der Waals surface area contributed by atoms with Gasteiger partial charge in [0, 0.05) is 37.0 Å². The fourth-order valence-electron chi connectivity index (χ4n) is 2.56. The van der Waals surface area contributed by atoms with Crippen LogP contribution < -0.4 is 0 Å². The lowest BCUT2D eigenvalue weighted by molar-refractivity contribution is -0.137. The van der Waals surface area contributed by atoms with E-state index in [1.54, 1.807) is 0 Å². The molecule has 1 aliphatic heterocycles. The third kappa shape index (κ3) is 2.74. The quantitative estimate of drug-likeness (QED) is 0.881. The zero-order valence-electron chi connectivity index (χ0n) is 11.5. The van der Waals surface area contributed by atoms with Crippen molar-refractivity contribution in [3.63, 3.8) is 0 Å². The van der Waals surface area contributed by atoms with Crippen molar-refractivity contribution in [1.82, 2.24) is 20.1 Å². The minimum absolute atomic E-state index is 0.181. The lowest BCUT2D eigenvalue weighted by Gasteiger charge is -2.24. The summed E-state index contributed by atoms with van der Waals surface area (Å²) in [5.74, 6) is 0. The van der Waals surface area contributed by atoms with Crippen LogP contribution in [0.3, 0.4) is 0 Å². The van der Waals surface area contributed by atoms with Crippen molar-refractivity contribution >= 4 is 6.29 Å². The number of alkyl halides is 3. The van der Waals surface area contributed by atoms with Gasteiger partial charge in [-0.15, -0.1) is 0 Å². The maximum atomic E-state index is 12.8. The molecule has 0 spiro atoms. The second-order valence-corrected chi connectivity index (χ2v) is 5.11. The average molecular weight is 310 g/mol. The highest BCUT2D eigenvalue weighted by molar-refractivity contribution is 5.61. The molecule has 0 aliphatic carbocycles. The Morgan fingerprint density at radius 2 is 2.23 bits per heavy atom. The summed E-state index contributed by atoms with van der Waals surface area (Å²) >= 11 is 0. The Labute approximate surface area is 124 Å². The van der Waals surface area contributed by atoms with Gasteiger partial charge < -0.3 is 4.79 Å². The molecule has 0 fully saturated rings. The van der Waals surface area contributed by atoms with Crippen LogP contribution in [0.1, 0.15) is 16.8 Å². The number of fused-ring (bicyclic) bond motifs is 1. The molecule has 5 nitrogen and oxygen atoms in total. The van der Waals surface area contributed by atoms with E-state index in [0.717, 1.165) is 35.9 Å². The summed E-state index contributed by atoms with van der Waals surface area (Å²) in [6, 6.07) is 1.93. The number of nitrogens with one attached hydrogen (secondary N) is 1. The molecule has 3 heterocycles. The van der Waals surface area contributed by atoms with Crippen LogP contribution in [0.15, 0.2) is 18.3 Å². The van der Waals surface area contributed by atoms with E-state index in [-0.39, 0.29) is 5.69 Å². The molecule has 22 heavy (non-hydrogen) atoms. The minimum atomic E-state index is -4.42. The van der Waals surface area contributed by atoms with Crippen LogP contribution in [0.5, 0.6) is 0 Å². The second kappa shape index (κ2) is 5.53. The molecule has 0 bridgehead atoms. The highest BCUT2D eigenvalue weighted by Crippen LogP contribution is 2.33. The Bertz CT molecular complexity index is 696. The van der Waals surface area contributed by atoms with Gasteiger partial charge in [-0.1, -0.05) is 0 Å². The molecule has 1 aliphatic rings. The highest BCUT2D eigenvalue weighted by Gasteiger charge is 2.31. The van der Waals surface area contributed by atoms with E-state index in [1.807, 2.05) is 4.90 Å². The summed E-state index contributed by atoms with van der Waals surface area (Å²) < 4.78 is 38.4. The summed E-state index contributed by atoms with van der Waals surface area (Å²) in [4.78, 5) is 16.6. The predicted octanol–water partition coefficient (Wildman–Crippen LogP) is 2.05. The van der Waals surface area contributed by atoms with Gasteiger partial charge in [-0.3, -0.25) is 15.0 Å². The van der Waals surface area contributed by atoms with Gasteiger partial charge in [0.2, 0.25) is 0 Å². The number of carbonyl (C=O) groups excluding carboxylic acids is 1. The maximum Gasteiger partial charge on any atom is 0.416 e. The standard InChI is InChI=1S/C14H13F3N4O/c15-14(16,17)9-1-3-18-12(7-9)13-10-8-21(5-6-22)4-2-11(10)19-20-13/h1,3,6-7H,2,4-5,8H2,(H,19,20). The Hall–Kier alpha value is -2.22. The zero-order chi connectivity index (χ0) is 15.7. The number of carbonyl (C=O) groups is 1. The SMILES string of the molecule is O=CCN1CCc2[nH]nc(-c3cc(C(F)(F)F)ccn3)c2C1. The van der Waals surface area contributed by atoms with Crippen LogP contribution in [-0.4, -0.2) is 39.5 Å². The number of aromatic nitrogens is 3. The van der Waals surface area contributed by atoms with Gasteiger partial charge in [0.25, 0.3) is 0 Å². The number of rotatable bonds is 3. The Morgan fingerprint density at radius 3 is 2.95 bits per heavy atom. The van der Waals surface area contributed by atoms with E-state index in [0.29, 0.717) is 31.7 Å². The molecule has 116 valence electrons. The number of halogens is 3. The topological polar surface area (TPSA) is 61.9 Å². The van der Waals surface area contributed by atoms with Crippen LogP contribution in [0, 0.1) is 0 Å². The Balaban J connectivity index is 1.97. The van der Waals surface area contributed by atoms with Crippen molar-refractivity contribution in [2.75, 3.05) is 13.1 Å². The van der Waals surface area contributed by atoms with Crippen molar-refractivity contribution in [3.8, 4) is 11.4 Å². The van der Waals surface area contributed by atoms with E-state index < -0.39 is 11.7 Å². The van der Waals surface area contributed by atoms with Crippen molar-refractivity contribution in [1.29, 1.82) is 0 Å². The third-order valence-electron chi connectivity index (χ3n) is 3.68. The number of aldehydes is 1. The summed E-state index contributed by atoms with van der Waals surface area (Å²) in [6.07, 6.45) is -1.80. The first-order valence-electron chi connectivity index (χ1n) is 6.75. The molecule has 0 atom stereocenters. The first-order chi connectivity index (χ1) is 10.5. The van der Waals surface area contributed by atoms with Gasteiger partial charge in [0.1, 0.15) is 12.0 Å². The largest absolute Gasteiger partial charge is 0.416 e. The zero-order valence-corrected chi connectivity index (χ0v) is 11.5. The number of H-pyrrole nitrogens is 1. The second-order valence-electron chi connectivity index (χ2n) is 5.11. The lowest BCUT2D eigenvalue weighted by atomic mass is 10.0. The maximum absolute atomic E-state index is 12.8. The van der Waals surface area contributed by atoms with E-state index >= 15 is 0 Å². The summed E-state index contributed by atoms with van der Waals surface area (Å²) in [7, 11) is 0. The molecule has 8 heteroatoms. The molecule has 0 aromatic carbocycles. The number of hydrogen-bond acceptors (Lipinski definition) is 4. The molecular formula is C14H13F3N4O. The van der Waals surface area contributed by atoms with Crippen LogP contribution in [0.4, 0.5) is 13.2 Å². The summed E-state index contributed by atoms with van der Waals surface area (Å²) in [5.41, 5.74) is 1.53. The van der Waals surface area contributed by atoms with Crippen molar-refractivity contribution in [3.05, 3.63) is 35.2 Å². The molecule has 0 amide bonds. The first-order valence-corrected chi connectivity index (χ1v) is 6.75. The van der Waals surface area contributed by atoms with Crippen LogP contribution in [-0.2, 0) is 23.9 Å². The van der Waals surface area contributed by atoms with E-state index in [4.69, 9.17) is 0 Å². The van der Waals surface area contributed by atoms with Gasteiger partial charge in [0.15, 0.2) is 0 Å². The molecule has 1 N–H and O–H groups in total. The van der Waals surface area contributed by atoms with E-state index in [2.05, 4.69) is 15.2 Å². The molecule has 0 saturated carbocycles. The number of aromatic amines is 1. The molecule has 0 unspecified atom stereocenters. The molecular weight excluding hydrogens is 297 g/mol. The smallest absolute Gasteiger partial charge is 0.302 e. The Morgan fingerprint density at radius 1 is 1.41 bits per heavy atom. The van der Waals surface area contributed by atoms with Gasteiger partial charge in [0.05, 0.1) is 17.8 Å². The van der Waals surface area contributed by atoms with Crippen molar-refractivity contribution in [2.24, 2.45) is 0 Å². The third-order valence-corrected chi connectivity index (χ3v) is 3.68. The number of pyridine rings is 1. The Kier molecular flexibility index (Phi) is 3.69. The molecule has 2 aromatic rings. The molecule has 3 rings (SSSR count). The van der Waals surface area contributed by atoms with Gasteiger partial charge in [-0.25, -0.2) is 0 Å². The van der Waals surface area contributed by atoms with E-state index in [9.17, 15) is 18.0 Å². The number of nitrogens with zero attached hydrogens (tertiary/aromatic N) is 3. The van der Waals surface area contributed by atoms with Gasteiger partial charge in [-0.05, 0) is 12.1 Å². The van der Waals surface area contributed by atoms with Gasteiger partial charge in [-0.2, -0.15) is 18.3 Å². The summed E-state index contributed by atoms with van der Waals surface area (Å²) in [5, 5.41) is 6.98. The number of hydrogen-bond donors (Lipinski definition) is 1. The van der Waals surface area contributed by atoms with E-state index in [1.165, 1.54) is 0 Å². The molecule has 0 saturated heterocycles. The highest BCUT2D eigenvalue weighted by atomic mass is 19.4. The fourth-order valence-corrected chi connectivity index (χ4v) is 2.56. The monoisotopic (exact) mass is 310 g/mol. The van der Waals surface area contributed by atoms with Gasteiger partial charge >= 0.3 is 6.18 Å². The fraction of sp³-hybridized carbons (Fsp3) is 0.357. The van der Waals surface area contributed by atoms with Crippen LogP contribution in [0.2, 0.25) is 0 Å². The molecule has 0 radical (unpaired) electrons. The van der Waals surface area contributed by atoms with Crippen molar-refractivity contribution in [2.45, 2.75) is 19.1 Å². The van der Waals surface area contributed by atoms with Crippen LogP contribution in [0.25, 0.3) is 11.4 Å². The average Bonchev–Trinajstić information content (AvgIpc) is 2.90. The first kappa shape index (κ1) is 14.7. The lowest BCUT2D eigenvalue weighted by Crippen LogP contribution is -2.31. The van der Waals surface area contributed by atoms with Crippen molar-refractivity contribution < 1.29 is 18.0 Å². The van der Waals surface area contributed by atoms with Crippen LogP contribution >= 0.6 is 0 Å². The summed E-state index contributed by atoms with van der Waals surface area (Å²) in [6.45, 7) is 1.47. The minimum Gasteiger partial charge on any atom is -0.302 e. The normalized spacial score (nSPS) is 15.6. The predicted molar refractivity (Wildman–Crippen MR) is 71.9 cm³/mol.